The van der Waals surface area contributed by atoms with Crippen molar-refractivity contribution in [1.29, 1.82) is 0 Å². The molecule has 0 aliphatic carbocycles. The van der Waals surface area contributed by atoms with E-state index < -0.39 is 18.0 Å². The highest BCUT2D eigenvalue weighted by Crippen LogP contribution is 2.32. The summed E-state index contributed by atoms with van der Waals surface area (Å²) in [4.78, 5) is 39.6. The Bertz CT molecular complexity index is 1850. The fourth-order valence-electron chi connectivity index (χ4n) is 4.09. The standard InChI is InChI=1S/C30H22N4O6S/c1-17(28(35)34-30-33-23(16-41-30)18-6-3-7-20(14-18)37-2)40-29(36)19-10-11-21-22(15-19)32-27(25-9-5-13-39-25)26(31-21)24-8-4-12-38-24/h3-17H,1-2H3,(H,33,34,35). The van der Waals surface area contributed by atoms with Gasteiger partial charge in [-0.15, -0.1) is 11.3 Å². The van der Waals surface area contributed by atoms with Gasteiger partial charge in [0.1, 0.15) is 17.1 Å². The largest absolute Gasteiger partial charge is 0.497 e. The Kier molecular flexibility index (Phi) is 7.00. The van der Waals surface area contributed by atoms with Crippen LogP contribution < -0.4 is 10.1 Å². The van der Waals surface area contributed by atoms with Crippen LogP contribution in [0.3, 0.4) is 0 Å². The minimum absolute atomic E-state index is 0.220. The molecule has 0 aliphatic heterocycles. The third kappa shape index (κ3) is 5.43. The van der Waals surface area contributed by atoms with Crippen LogP contribution in [0.5, 0.6) is 5.75 Å². The number of ether oxygens (including phenoxy) is 2. The van der Waals surface area contributed by atoms with Crippen LogP contribution in [0.25, 0.3) is 45.2 Å². The summed E-state index contributed by atoms with van der Waals surface area (Å²) in [6, 6.07) is 19.3. The summed E-state index contributed by atoms with van der Waals surface area (Å²) in [5.41, 5.74) is 3.73. The van der Waals surface area contributed by atoms with Gasteiger partial charge in [-0.1, -0.05) is 12.1 Å². The zero-order valence-electron chi connectivity index (χ0n) is 21.9. The first-order chi connectivity index (χ1) is 20.0. The van der Waals surface area contributed by atoms with Gasteiger partial charge in [0.05, 0.1) is 41.9 Å². The molecule has 1 amide bonds. The summed E-state index contributed by atoms with van der Waals surface area (Å²) in [6.07, 6.45) is 2.02. The second kappa shape index (κ2) is 11.1. The number of amides is 1. The van der Waals surface area contributed by atoms with Gasteiger partial charge in [-0.25, -0.2) is 19.7 Å². The molecule has 4 heterocycles. The number of fused-ring (bicyclic) bond motifs is 1. The number of benzene rings is 2. The molecule has 1 unspecified atom stereocenters. The van der Waals surface area contributed by atoms with Gasteiger partial charge in [0.25, 0.3) is 5.91 Å². The SMILES string of the molecule is COc1cccc(-c2csc(NC(=O)C(C)OC(=O)c3ccc4nc(-c5ccco5)c(-c5ccco5)nc4c3)n2)c1. The average molecular weight is 567 g/mol. The van der Waals surface area contributed by atoms with Crippen molar-refractivity contribution >= 4 is 39.4 Å². The summed E-state index contributed by atoms with van der Waals surface area (Å²) in [5, 5.41) is 4.92. The van der Waals surface area contributed by atoms with Crippen LogP contribution in [0.15, 0.2) is 93.5 Å². The first-order valence-corrected chi connectivity index (χ1v) is 13.4. The lowest BCUT2D eigenvalue weighted by atomic mass is 10.1. The van der Waals surface area contributed by atoms with E-state index in [4.69, 9.17) is 28.3 Å². The third-order valence-electron chi connectivity index (χ3n) is 6.16. The molecule has 1 atom stereocenters. The number of esters is 1. The minimum atomic E-state index is -1.08. The number of thiazole rings is 1. The number of carbonyl (C=O) groups excluding carboxylic acids is 2. The Morgan fingerprint density at radius 2 is 1.61 bits per heavy atom. The van der Waals surface area contributed by atoms with Gasteiger partial charge >= 0.3 is 5.97 Å². The third-order valence-corrected chi connectivity index (χ3v) is 6.92. The van der Waals surface area contributed by atoms with Crippen LogP contribution >= 0.6 is 11.3 Å². The molecule has 4 aromatic heterocycles. The maximum Gasteiger partial charge on any atom is 0.338 e. The molecular formula is C30H22N4O6S. The smallest absolute Gasteiger partial charge is 0.338 e. The number of nitrogens with one attached hydrogen (secondary N) is 1. The van der Waals surface area contributed by atoms with E-state index in [0.29, 0.717) is 50.5 Å². The number of furan rings is 2. The summed E-state index contributed by atoms with van der Waals surface area (Å²) >= 11 is 1.27. The van der Waals surface area contributed by atoms with Crippen LogP contribution in [-0.4, -0.2) is 40.0 Å². The van der Waals surface area contributed by atoms with Crippen LogP contribution in [-0.2, 0) is 9.53 Å². The summed E-state index contributed by atoms with van der Waals surface area (Å²) in [5.74, 6) is 0.554. The summed E-state index contributed by atoms with van der Waals surface area (Å²) < 4.78 is 21.8. The second-order valence-electron chi connectivity index (χ2n) is 8.89. The van der Waals surface area contributed by atoms with Crippen molar-refractivity contribution in [3.63, 3.8) is 0 Å². The highest BCUT2D eigenvalue weighted by Gasteiger charge is 2.22. The lowest BCUT2D eigenvalue weighted by Gasteiger charge is -2.13. The summed E-state index contributed by atoms with van der Waals surface area (Å²) in [6.45, 7) is 1.50. The zero-order chi connectivity index (χ0) is 28.3. The normalized spacial score (nSPS) is 11.8. The Hall–Kier alpha value is -5.29. The van der Waals surface area contributed by atoms with Crippen LogP contribution in [0.4, 0.5) is 5.13 Å². The van der Waals surface area contributed by atoms with E-state index in [-0.39, 0.29) is 5.56 Å². The monoisotopic (exact) mass is 566 g/mol. The van der Waals surface area contributed by atoms with Crippen LogP contribution in [0.1, 0.15) is 17.3 Å². The van der Waals surface area contributed by atoms with Gasteiger partial charge in [0.2, 0.25) is 0 Å². The minimum Gasteiger partial charge on any atom is -0.497 e. The lowest BCUT2D eigenvalue weighted by Crippen LogP contribution is -2.30. The molecule has 6 aromatic rings. The van der Waals surface area contributed by atoms with E-state index in [2.05, 4.69) is 10.3 Å². The van der Waals surface area contributed by atoms with Gasteiger partial charge in [0.15, 0.2) is 22.8 Å². The molecule has 204 valence electrons. The molecule has 0 aliphatic rings. The fraction of sp³-hybridized carbons (Fsp3) is 0.100. The molecule has 1 N–H and O–H groups in total. The molecular weight excluding hydrogens is 544 g/mol. The molecule has 41 heavy (non-hydrogen) atoms. The number of anilines is 1. The molecule has 0 saturated heterocycles. The Morgan fingerprint density at radius 1 is 0.878 bits per heavy atom. The molecule has 0 spiro atoms. The number of hydrogen-bond donors (Lipinski definition) is 1. The van der Waals surface area contributed by atoms with Crippen molar-refractivity contribution in [2.45, 2.75) is 13.0 Å². The van der Waals surface area contributed by atoms with Gasteiger partial charge in [-0.2, -0.15) is 0 Å². The Balaban J connectivity index is 1.18. The predicted octanol–water partition coefficient (Wildman–Crippen LogP) is 6.47. The lowest BCUT2D eigenvalue weighted by molar-refractivity contribution is -0.123. The molecule has 0 bridgehead atoms. The quantitative estimate of drug-likeness (QED) is 0.206. The Morgan fingerprint density at radius 3 is 2.29 bits per heavy atom. The first-order valence-electron chi connectivity index (χ1n) is 12.5. The van der Waals surface area contributed by atoms with E-state index in [0.717, 1.165) is 5.56 Å². The van der Waals surface area contributed by atoms with Crippen molar-refractivity contribution in [1.82, 2.24) is 15.0 Å². The van der Waals surface area contributed by atoms with Crippen molar-refractivity contribution in [2.75, 3.05) is 12.4 Å². The second-order valence-corrected chi connectivity index (χ2v) is 9.74. The van der Waals surface area contributed by atoms with Crippen LogP contribution in [0, 0.1) is 0 Å². The number of hydrogen-bond acceptors (Lipinski definition) is 10. The van der Waals surface area contributed by atoms with E-state index in [1.165, 1.54) is 18.3 Å². The van der Waals surface area contributed by atoms with E-state index in [1.54, 1.807) is 62.1 Å². The molecule has 10 nitrogen and oxygen atoms in total. The fourth-order valence-corrected chi connectivity index (χ4v) is 4.81. The molecule has 0 saturated carbocycles. The maximum atomic E-state index is 13.0. The first kappa shape index (κ1) is 26.0. The number of aromatic nitrogens is 3. The van der Waals surface area contributed by atoms with E-state index in [1.807, 2.05) is 29.6 Å². The van der Waals surface area contributed by atoms with E-state index >= 15 is 0 Å². The molecule has 0 fully saturated rings. The molecule has 6 rings (SSSR count). The number of nitrogens with zero attached hydrogens (tertiary/aromatic N) is 3. The van der Waals surface area contributed by atoms with Crippen LogP contribution in [0.2, 0.25) is 0 Å². The number of rotatable bonds is 8. The van der Waals surface area contributed by atoms with Crippen molar-refractivity contribution in [2.24, 2.45) is 0 Å². The van der Waals surface area contributed by atoms with E-state index in [9.17, 15) is 9.59 Å². The average Bonchev–Trinajstić information content (AvgIpc) is 3.79. The van der Waals surface area contributed by atoms with Crippen molar-refractivity contribution < 1.29 is 27.9 Å². The number of carbonyl (C=O) groups is 2. The van der Waals surface area contributed by atoms with Gasteiger partial charge in [-0.05, 0) is 61.5 Å². The predicted molar refractivity (Wildman–Crippen MR) is 153 cm³/mol. The topological polar surface area (TPSA) is 130 Å². The Labute approximate surface area is 237 Å². The summed E-state index contributed by atoms with van der Waals surface area (Å²) in [7, 11) is 1.59. The van der Waals surface area contributed by atoms with Gasteiger partial charge < -0.3 is 18.3 Å². The van der Waals surface area contributed by atoms with Crippen molar-refractivity contribution in [3.8, 4) is 39.9 Å². The molecule has 2 aromatic carbocycles. The highest BCUT2D eigenvalue weighted by molar-refractivity contribution is 7.14. The van der Waals surface area contributed by atoms with Crippen molar-refractivity contribution in [3.05, 3.63) is 90.2 Å². The van der Waals surface area contributed by atoms with Gasteiger partial charge in [0, 0.05) is 10.9 Å². The number of methoxy groups -OCH3 is 1. The maximum absolute atomic E-state index is 13.0. The molecule has 0 radical (unpaired) electrons. The molecule has 11 heteroatoms. The van der Waals surface area contributed by atoms with Gasteiger partial charge in [-0.3, -0.25) is 10.1 Å². The zero-order valence-corrected chi connectivity index (χ0v) is 22.7. The highest BCUT2D eigenvalue weighted by atomic mass is 32.1.